The van der Waals surface area contributed by atoms with Crippen LogP contribution in [-0.4, -0.2) is 35.6 Å². The van der Waals surface area contributed by atoms with Gasteiger partial charge in [0.1, 0.15) is 0 Å². The summed E-state index contributed by atoms with van der Waals surface area (Å²) in [6, 6.07) is 13.3. The van der Waals surface area contributed by atoms with Crippen molar-refractivity contribution in [2.75, 3.05) is 25.5 Å². The number of likely N-dealkylation sites (tertiary alicyclic amines) is 1. The second-order valence-corrected chi connectivity index (χ2v) is 5.03. The van der Waals surface area contributed by atoms with Gasteiger partial charge in [0, 0.05) is 36.4 Å². The van der Waals surface area contributed by atoms with E-state index in [0.29, 0.717) is 6.04 Å². The van der Waals surface area contributed by atoms with Gasteiger partial charge in [0.25, 0.3) is 0 Å². The molecule has 0 radical (unpaired) electrons. The van der Waals surface area contributed by atoms with Crippen molar-refractivity contribution >= 4 is 5.69 Å². The summed E-state index contributed by atoms with van der Waals surface area (Å²) in [4.78, 5) is 2.37. The minimum absolute atomic E-state index is 0.579. The van der Waals surface area contributed by atoms with Crippen LogP contribution < -0.4 is 5.32 Å². The number of nitrogens with zero attached hydrogens (tertiary/aromatic N) is 2. The molecule has 1 aromatic carbocycles. The van der Waals surface area contributed by atoms with Crippen molar-refractivity contribution in [1.29, 1.82) is 0 Å². The molecule has 18 heavy (non-hydrogen) atoms. The van der Waals surface area contributed by atoms with Gasteiger partial charge in [-0.15, -0.1) is 0 Å². The third kappa shape index (κ3) is 2.41. The van der Waals surface area contributed by atoms with E-state index < -0.39 is 0 Å². The number of benzene rings is 1. The van der Waals surface area contributed by atoms with Gasteiger partial charge in [-0.2, -0.15) is 0 Å². The summed E-state index contributed by atoms with van der Waals surface area (Å²) in [7, 11) is 2.18. The first-order valence-corrected chi connectivity index (χ1v) is 6.50. The standard InChI is InChI=1S/C15H19N3/c1-17-10-7-14(12-17)16-13-5-4-6-15(11-13)18-8-2-3-9-18/h2-6,8-9,11,14,16H,7,10,12H2,1H3. The fraction of sp³-hybridized carbons (Fsp3) is 0.333. The Morgan fingerprint density at radius 1 is 1.17 bits per heavy atom. The van der Waals surface area contributed by atoms with Crippen molar-refractivity contribution in [3.63, 3.8) is 0 Å². The average molecular weight is 241 g/mol. The Morgan fingerprint density at radius 2 is 2.00 bits per heavy atom. The van der Waals surface area contributed by atoms with Crippen LogP contribution in [0.5, 0.6) is 0 Å². The van der Waals surface area contributed by atoms with Crippen LogP contribution in [-0.2, 0) is 0 Å². The van der Waals surface area contributed by atoms with Crippen molar-refractivity contribution in [3.05, 3.63) is 48.8 Å². The molecule has 0 saturated carbocycles. The SMILES string of the molecule is CN1CCC(Nc2cccc(-n3cccc3)c2)C1. The molecule has 0 spiro atoms. The van der Waals surface area contributed by atoms with E-state index in [-0.39, 0.29) is 0 Å². The van der Waals surface area contributed by atoms with E-state index >= 15 is 0 Å². The molecule has 1 aromatic heterocycles. The number of aromatic nitrogens is 1. The van der Waals surface area contributed by atoms with Crippen LogP contribution >= 0.6 is 0 Å². The highest BCUT2D eigenvalue weighted by atomic mass is 15.2. The average Bonchev–Trinajstić information content (AvgIpc) is 3.01. The molecule has 1 fully saturated rings. The first kappa shape index (κ1) is 11.4. The Labute approximate surface area is 108 Å². The van der Waals surface area contributed by atoms with Crippen molar-refractivity contribution in [2.24, 2.45) is 0 Å². The van der Waals surface area contributed by atoms with Crippen LogP contribution in [0.1, 0.15) is 6.42 Å². The second kappa shape index (κ2) is 4.86. The lowest BCUT2D eigenvalue weighted by molar-refractivity contribution is 0.414. The zero-order chi connectivity index (χ0) is 12.4. The third-order valence-electron chi connectivity index (χ3n) is 3.51. The molecule has 1 saturated heterocycles. The highest BCUT2D eigenvalue weighted by molar-refractivity contribution is 5.52. The Hall–Kier alpha value is -1.74. The minimum Gasteiger partial charge on any atom is -0.381 e. The van der Waals surface area contributed by atoms with E-state index in [1.807, 2.05) is 12.1 Å². The predicted octanol–water partition coefficient (Wildman–Crippen LogP) is 2.59. The summed E-state index contributed by atoms with van der Waals surface area (Å²) in [5, 5.41) is 3.62. The Bertz CT molecular complexity index is 504. The molecule has 2 heterocycles. The van der Waals surface area contributed by atoms with Crippen molar-refractivity contribution in [3.8, 4) is 5.69 Å². The van der Waals surface area contributed by atoms with Crippen LogP contribution in [0.3, 0.4) is 0 Å². The van der Waals surface area contributed by atoms with Gasteiger partial charge in [-0.05, 0) is 50.3 Å². The summed E-state index contributed by atoms with van der Waals surface area (Å²) in [5.74, 6) is 0. The third-order valence-corrected chi connectivity index (χ3v) is 3.51. The van der Waals surface area contributed by atoms with Crippen molar-refractivity contribution < 1.29 is 0 Å². The van der Waals surface area contributed by atoms with E-state index in [4.69, 9.17) is 0 Å². The van der Waals surface area contributed by atoms with Gasteiger partial charge in [-0.1, -0.05) is 6.07 Å². The van der Waals surface area contributed by atoms with E-state index in [0.717, 1.165) is 6.54 Å². The van der Waals surface area contributed by atoms with Crippen LogP contribution in [0.2, 0.25) is 0 Å². The Balaban J connectivity index is 1.75. The molecule has 0 aliphatic carbocycles. The number of nitrogens with one attached hydrogen (secondary N) is 1. The molecule has 1 unspecified atom stereocenters. The number of hydrogen-bond donors (Lipinski definition) is 1. The quantitative estimate of drug-likeness (QED) is 0.891. The minimum atomic E-state index is 0.579. The molecular weight excluding hydrogens is 222 g/mol. The summed E-state index contributed by atoms with van der Waals surface area (Å²) < 4.78 is 2.13. The first-order valence-electron chi connectivity index (χ1n) is 6.50. The van der Waals surface area contributed by atoms with Crippen LogP contribution in [0, 0.1) is 0 Å². The number of likely N-dealkylation sites (N-methyl/N-ethyl adjacent to an activating group) is 1. The molecule has 94 valence electrons. The molecule has 2 aromatic rings. The van der Waals surface area contributed by atoms with Gasteiger partial charge < -0.3 is 14.8 Å². The lowest BCUT2D eigenvalue weighted by Crippen LogP contribution is -2.23. The second-order valence-electron chi connectivity index (χ2n) is 5.03. The van der Waals surface area contributed by atoms with Crippen LogP contribution in [0.4, 0.5) is 5.69 Å². The van der Waals surface area contributed by atoms with Gasteiger partial charge in [0.15, 0.2) is 0 Å². The zero-order valence-electron chi connectivity index (χ0n) is 10.7. The van der Waals surface area contributed by atoms with Crippen molar-refractivity contribution in [2.45, 2.75) is 12.5 Å². The van der Waals surface area contributed by atoms with Gasteiger partial charge >= 0.3 is 0 Å². The normalized spacial score (nSPS) is 20.2. The maximum absolute atomic E-state index is 3.62. The molecular formula is C15H19N3. The van der Waals surface area contributed by atoms with Gasteiger partial charge in [0.05, 0.1) is 0 Å². The monoisotopic (exact) mass is 241 g/mol. The maximum Gasteiger partial charge on any atom is 0.0469 e. The molecule has 0 bridgehead atoms. The molecule has 1 N–H and O–H groups in total. The topological polar surface area (TPSA) is 20.2 Å². The zero-order valence-corrected chi connectivity index (χ0v) is 10.7. The van der Waals surface area contributed by atoms with E-state index in [9.17, 15) is 0 Å². The van der Waals surface area contributed by atoms with Gasteiger partial charge in [-0.3, -0.25) is 0 Å². The number of rotatable bonds is 3. The van der Waals surface area contributed by atoms with Gasteiger partial charge in [0.2, 0.25) is 0 Å². The van der Waals surface area contributed by atoms with E-state index in [1.54, 1.807) is 0 Å². The molecule has 0 amide bonds. The molecule has 3 heteroatoms. The lowest BCUT2D eigenvalue weighted by atomic mass is 10.2. The first-order chi connectivity index (χ1) is 8.81. The highest BCUT2D eigenvalue weighted by Crippen LogP contribution is 2.18. The summed E-state index contributed by atoms with van der Waals surface area (Å²) in [5.41, 5.74) is 2.41. The summed E-state index contributed by atoms with van der Waals surface area (Å²) in [6.45, 7) is 2.32. The van der Waals surface area contributed by atoms with Crippen LogP contribution in [0.15, 0.2) is 48.8 Å². The number of hydrogen-bond acceptors (Lipinski definition) is 2. The summed E-state index contributed by atoms with van der Waals surface area (Å²) >= 11 is 0. The maximum atomic E-state index is 3.62. The lowest BCUT2D eigenvalue weighted by Gasteiger charge is -2.15. The van der Waals surface area contributed by atoms with E-state index in [2.05, 4.69) is 58.5 Å². The predicted molar refractivity (Wildman–Crippen MR) is 75.3 cm³/mol. The molecule has 1 aliphatic rings. The Kier molecular flexibility index (Phi) is 3.07. The largest absolute Gasteiger partial charge is 0.381 e. The highest BCUT2D eigenvalue weighted by Gasteiger charge is 2.18. The van der Waals surface area contributed by atoms with Crippen molar-refractivity contribution in [1.82, 2.24) is 9.47 Å². The molecule has 3 rings (SSSR count). The fourth-order valence-corrected chi connectivity index (χ4v) is 2.55. The number of anilines is 1. The molecule has 1 atom stereocenters. The van der Waals surface area contributed by atoms with Crippen LogP contribution in [0.25, 0.3) is 5.69 Å². The fourth-order valence-electron chi connectivity index (χ4n) is 2.55. The smallest absolute Gasteiger partial charge is 0.0469 e. The van der Waals surface area contributed by atoms with E-state index in [1.165, 1.54) is 24.3 Å². The molecule has 1 aliphatic heterocycles. The molecule has 3 nitrogen and oxygen atoms in total. The Morgan fingerprint density at radius 3 is 2.72 bits per heavy atom. The van der Waals surface area contributed by atoms with Gasteiger partial charge in [-0.25, -0.2) is 0 Å². The summed E-state index contributed by atoms with van der Waals surface area (Å²) in [6.07, 6.45) is 5.37.